The van der Waals surface area contributed by atoms with E-state index >= 15 is 0 Å². The van der Waals surface area contributed by atoms with Gasteiger partial charge in [0.05, 0.1) is 7.11 Å². The molecule has 192 valence electrons. The largest absolute Gasteiger partial charge is 0.497 e. The molecule has 1 heterocycles. The molecule has 0 radical (unpaired) electrons. The third-order valence-corrected chi connectivity index (χ3v) is 5.77. The Kier molecular flexibility index (Phi) is 8.68. The van der Waals surface area contributed by atoms with Crippen LogP contribution in [0.1, 0.15) is 28.6 Å². The second kappa shape index (κ2) is 11.9. The van der Waals surface area contributed by atoms with Crippen LogP contribution in [-0.2, 0) is 16.0 Å². The number of fused-ring (bicyclic) bond motifs is 1. The minimum atomic E-state index is -1.16. The van der Waals surface area contributed by atoms with Crippen molar-refractivity contribution in [3.05, 3.63) is 95.8 Å². The fourth-order valence-corrected chi connectivity index (χ4v) is 3.71. The van der Waals surface area contributed by atoms with Gasteiger partial charge >= 0.3 is 5.97 Å². The number of likely N-dealkylation sites (N-methyl/N-ethyl adjacent to an activating group) is 1. The number of furan rings is 1. The second-order valence-corrected chi connectivity index (χ2v) is 8.53. The highest BCUT2D eigenvalue weighted by atomic mass is 16.5. The maximum absolute atomic E-state index is 12.7. The average Bonchev–Trinajstić information content (AvgIpc) is 3.32. The summed E-state index contributed by atoms with van der Waals surface area (Å²) in [5.74, 6) is -1.28. The van der Waals surface area contributed by atoms with Gasteiger partial charge in [0.1, 0.15) is 17.4 Å². The van der Waals surface area contributed by atoms with Crippen molar-refractivity contribution in [3.63, 3.8) is 0 Å². The minimum absolute atomic E-state index is 0.0117. The lowest BCUT2D eigenvalue weighted by Gasteiger charge is -2.14. The fraction of sp³-hybridized carbons (Fsp3) is 0.207. The second-order valence-electron chi connectivity index (χ2n) is 8.53. The Balaban J connectivity index is 1.75. The van der Waals surface area contributed by atoms with E-state index in [0.29, 0.717) is 27.9 Å². The number of hydrogen-bond donors (Lipinski definition) is 2. The first-order valence-electron chi connectivity index (χ1n) is 11.6. The number of nitrogens with one attached hydrogen (secondary N) is 1. The molecule has 0 aliphatic carbocycles. The highest BCUT2D eigenvalue weighted by Gasteiger charge is 2.23. The lowest BCUT2D eigenvalue weighted by molar-refractivity contribution is -0.139. The predicted octanol–water partition coefficient (Wildman–Crippen LogP) is 4.47. The van der Waals surface area contributed by atoms with Crippen molar-refractivity contribution in [2.75, 3.05) is 21.2 Å². The van der Waals surface area contributed by atoms with Gasteiger partial charge in [-0.15, -0.1) is 0 Å². The molecule has 1 atom stereocenters. The molecule has 2 amide bonds. The van der Waals surface area contributed by atoms with Crippen LogP contribution >= 0.6 is 0 Å². The molecule has 0 aliphatic heterocycles. The molecule has 0 aliphatic rings. The van der Waals surface area contributed by atoms with Gasteiger partial charge in [0.2, 0.25) is 0 Å². The lowest BCUT2D eigenvalue weighted by Crippen LogP contribution is -2.42. The zero-order valence-corrected chi connectivity index (χ0v) is 21.3. The summed E-state index contributed by atoms with van der Waals surface area (Å²) in [6.45, 7) is 5.64. The van der Waals surface area contributed by atoms with E-state index in [-0.39, 0.29) is 18.1 Å². The predicted molar refractivity (Wildman–Crippen MR) is 142 cm³/mol. The number of methoxy groups -OCH3 is 1. The van der Waals surface area contributed by atoms with Crippen molar-refractivity contribution in [1.29, 1.82) is 0 Å². The number of aliphatic carboxylic acids is 1. The molecule has 3 rings (SSSR count). The first-order valence-corrected chi connectivity index (χ1v) is 11.6. The number of amides is 2. The smallest absolute Gasteiger partial charge is 0.326 e. The van der Waals surface area contributed by atoms with E-state index in [1.165, 1.54) is 4.90 Å². The highest BCUT2D eigenvalue weighted by Crippen LogP contribution is 2.24. The molecule has 0 bridgehead atoms. The zero-order chi connectivity index (χ0) is 27.1. The molecule has 37 heavy (non-hydrogen) atoms. The van der Waals surface area contributed by atoms with Gasteiger partial charge in [-0.05, 0) is 54.0 Å². The molecule has 3 aromatic rings. The van der Waals surface area contributed by atoms with Crippen molar-refractivity contribution in [3.8, 4) is 5.75 Å². The molecular weight excluding hydrogens is 472 g/mol. The molecule has 1 unspecified atom stereocenters. The summed E-state index contributed by atoms with van der Waals surface area (Å²) in [6, 6.07) is 12.7. The van der Waals surface area contributed by atoms with Gasteiger partial charge < -0.3 is 24.5 Å². The summed E-state index contributed by atoms with van der Waals surface area (Å²) < 4.78 is 10.8. The average molecular weight is 503 g/mol. The van der Waals surface area contributed by atoms with Crippen LogP contribution in [0.2, 0.25) is 0 Å². The SMILES string of the molecule is C=C/C(=C\C(=C/C)C(=O)N(C)C)c1ccc(CC(NC(=O)c2cc3cc(OC)ccc3o2)C(=O)O)cc1. The van der Waals surface area contributed by atoms with E-state index in [4.69, 9.17) is 9.15 Å². The highest BCUT2D eigenvalue weighted by molar-refractivity contribution is 5.99. The molecule has 1 aromatic heterocycles. The molecule has 0 saturated carbocycles. The maximum atomic E-state index is 12.7. The van der Waals surface area contributed by atoms with Crippen molar-refractivity contribution in [2.45, 2.75) is 19.4 Å². The zero-order valence-electron chi connectivity index (χ0n) is 21.3. The number of carbonyl (C=O) groups excluding carboxylic acids is 2. The third-order valence-electron chi connectivity index (χ3n) is 5.77. The summed E-state index contributed by atoms with van der Waals surface area (Å²) >= 11 is 0. The van der Waals surface area contributed by atoms with Crippen LogP contribution in [0, 0.1) is 0 Å². The molecule has 0 saturated heterocycles. The van der Waals surface area contributed by atoms with Crippen molar-refractivity contribution < 1.29 is 28.6 Å². The van der Waals surface area contributed by atoms with Crippen molar-refractivity contribution in [2.24, 2.45) is 0 Å². The summed E-state index contributed by atoms with van der Waals surface area (Å²) in [6.07, 6.45) is 5.22. The van der Waals surface area contributed by atoms with Gasteiger partial charge in [0.25, 0.3) is 11.8 Å². The Bertz CT molecular complexity index is 1380. The monoisotopic (exact) mass is 502 g/mol. The molecule has 0 spiro atoms. The van der Waals surface area contributed by atoms with E-state index in [9.17, 15) is 19.5 Å². The lowest BCUT2D eigenvalue weighted by atomic mass is 9.98. The molecular formula is C29H30N2O6. The van der Waals surface area contributed by atoms with E-state index in [1.807, 2.05) is 12.1 Å². The van der Waals surface area contributed by atoms with Gasteiger partial charge in [-0.3, -0.25) is 9.59 Å². The molecule has 0 fully saturated rings. The summed E-state index contributed by atoms with van der Waals surface area (Å²) in [7, 11) is 4.91. The van der Waals surface area contributed by atoms with Gasteiger partial charge in [-0.25, -0.2) is 4.79 Å². The van der Waals surface area contributed by atoms with Crippen LogP contribution in [0.25, 0.3) is 16.5 Å². The van der Waals surface area contributed by atoms with E-state index in [2.05, 4.69) is 11.9 Å². The van der Waals surface area contributed by atoms with Crippen LogP contribution in [0.5, 0.6) is 5.75 Å². The Morgan fingerprint density at radius 2 is 1.84 bits per heavy atom. The molecule has 8 nitrogen and oxygen atoms in total. The topological polar surface area (TPSA) is 109 Å². The summed E-state index contributed by atoms with van der Waals surface area (Å²) in [5, 5.41) is 12.9. The van der Waals surface area contributed by atoms with Crippen LogP contribution in [-0.4, -0.2) is 55.0 Å². The number of carboxylic acids is 1. The quantitative estimate of drug-likeness (QED) is 0.313. The molecule has 2 aromatic carbocycles. The Labute approximate surface area is 215 Å². The van der Waals surface area contributed by atoms with Gasteiger partial charge in [0.15, 0.2) is 5.76 Å². The maximum Gasteiger partial charge on any atom is 0.326 e. The summed E-state index contributed by atoms with van der Waals surface area (Å²) in [5.41, 5.74) is 3.30. The van der Waals surface area contributed by atoms with Crippen molar-refractivity contribution in [1.82, 2.24) is 10.2 Å². The first kappa shape index (κ1) is 27.0. The van der Waals surface area contributed by atoms with Crippen LogP contribution in [0.15, 0.2) is 83.3 Å². The van der Waals surface area contributed by atoms with Gasteiger partial charge in [-0.2, -0.15) is 0 Å². The van der Waals surface area contributed by atoms with E-state index in [0.717, 1.165) is 11.1 Å². The normalized spacial score (nSPS) is 12.6. The number of carbonyl (C=O) groups is 3. The van der Waals surface area contributed by atoms with Gasteiger partial charge in [0, 0.05) is 31.5 Å². The third kappa shape index (κ3) is 6.55. The van der Waals surface area contributed by atoms with E-state index in [1.54, 1.807) is 82.8 Å². The minimum Gasteiger partial charge on any atom is -0.497 e. The number of allylic oxidation sites excluding steroid dienone is 3. The molecule has 2 N–H and O–H groups in total. The first-order chi connectivity index (χ1) is 17.7. The Hall–Kier alpha value is -4.59. The number of carboxylic acid groups (broad SMARTS) is 1. The number of benzene rings is 2. The van der Waals surface area contributed by atoms with Crippen LogP contribution in [0.3, 0.4) is 0 Å². The number of rotatable bonds is 10. The summed E-state index contributed by atoms with van der Waals surface area (Å²) in [4.78, 5) is 38.5. The van der Waals surface area contributed by atoms with E-state index < -0.39 is 17.9 Å². The Morgan fingerprint density at radius 3 is 2.41 bits per heavy atom. The van der Waals surface area contributed by atoms with Crippen LogP contribution in [0.4, 0.5) is 0 Å². The number of hydrogen-bond acceptors (Lipinski definition) is 5. The van der Waals surface area contributed by atoms with Crippen molar-refractivity contribution >= 4 is 34.3 Å². The molecule has 8 heteroatoms. The van der Waals surface area contributed by atoms with Crippen LogP contribution < -0.4 is 10.1 Å². The number of ether oxygens (including phenoxy) is 1. The Morgan fingerprint density at radius 1 is 1.14 bits per heavy atom. The van der Waals surface area contributed by atoms with Gasteiger partial charge in [-0.1, -0.05) is 43.0 Å². The fourth-order valence-electron chi connectivity index (χ4n) is 3.71. The standard InChI is InChI=1S/C29H30N2O6/c1-6-19(15-20(7-2)28(33)31(3)4)21-10-8-18(9-11-21)14-24(29(34)35)30-27(32)26-17-22-16-23(36-5)12-13-25(22)37-26/h6-13,15-17,24H,1,14H2,2-5H3,(H,30,32)(H,34,35)/b19-15+,20-7+. The number of nitrogens with zero attached hydrogens (tertiary/aromatic N) is 1.